The molecular formula is C13H14FNO3. The molecule has 0 aliphatic heterocycles. The van der Waals surface area contributed by atoms with E-state index in [0.29, 0.717) is 10.9 Å². The lowest BCUT2D eigenvalue weighted by atomic mass is 10.0. The van der Waals surface area contributed by atoms with Gasteiger partial charge in [-0.15, -0.1) is 0 Å². The zero-order valence-corrected chi connectivity index (χ0v) is 10.4. The van der Waals surface area contributed by atoms with Gasteiger partial charge in [0.15, 0.2) is 6.10 Å². The van der Waals surface area contributed by atoms with Gasteiger partial charge in [-0.05, 0) is 37.1 Å². The molecule has 5 heteroatoms. The molecule has 1 aromatic carbocycles. The average Bonchev–Trinajstić information content (AvgIpc) is 2.65. The van der Waals surface area contributed by atoms with Crippen molar-refractivity contribution in [2.75, 3.05) is 7.11 Å². The van der Waals surface area contributed by atoms with Gasteiger partial charge in [0, 0.05) is 11.1 Å². The molecule has 18 heavy (non-hydrogen) atoms. The van der Waals surface area contributed by atoms with Crippen molar-refractivity contribution in [1.82, 2.24) is 4.98 Å². The van der Waals surface area contributed by atoms with E-state index < -0.39 is 17.9 Å². The molecule has 2 N–H and O–H groups in total. The van der Waals surface area contributed by atoms with E-state index in [1.54, 1.807) is 6.07 Å². The van der Waals surface area contributed by atoms with E-state index in [1.807, 2.05) is 13.8 Å². The summed E-state index contributed by atoms with van der Waals surface area (Å²) < 4.78 is 18.3. The Balaban J connectivity index is 2.61. The standard InChI is InChI=1S/C13H14FNO3/c1-6-7(2)15-11-9(6)4-8(5-10(11)14)12(16)13(17)18-3/h4-5,12,15-16H,1-3H3. The minimum atomic E-state index is -1.47. The predicted molar refractivity (Wildman–Crippen MR) is 64.7 cm³/mol. The summed E-state index contributed by atoms with van der Waals surface area (Å²) in [5, 5.41) is 10.4. The number of halogens is 1. The number of hydrogen-bond acceptors (Lipinski definition) is 3. The molecule has 0 saturated heterocycles. The van der Waals surface area contributed by atoms with Crippen molar-refractivity contribution >= 4 is 16.9 Å². The molecule has 0 fully saturated rings. The first-order chi connectivity index (χ1) is 8.45. The number of benzene rings is 1. The molecule has 0 saturated carbocycles. The molecule has 1 aromatic heterocycles. The maximum absolute atomic E-state index is 13.9. The van der Waals surface area contributed by atoms with Gasteiger partial charge in [0.25, 0.3) is 0 Å². The Labute approximate surface area is 103 Å². The van der Waals surface area contributed by atoms with Crippen LogP contribution in [0.2, 0.25) is 0 Å². The molecule has 1 heterocycles. The van der Waals surface area contributed by atoms with E-state index in [2.05, 4.69) is 9.72 Å². The number of carbonyl (C=O) groups excluding carboxylic acids is 1. The summed E-state index contributed by atoms with van der Waals surface area (Å²) in [6.07, 6.45) is -1.47. The number of aryl methyl sites for hydroxylation is 2. The quantitative estimate of drug-likeness (QED) is 0.804. The fourth-order valence-corrected chi connectivity index (χ4v) is 1.94. The number of rotatable bonds is 2. The molecule has 0 bridgehead atoms. The predicted octanol–water partition coefficient (Wildman–Crippen LogP) is 2.13. The molecule has 4 nitrogen and oxygen atoms in total. The van der Waals surface area contributed by atoms with Crippen LogP contribution in [-0.4, -0.2) is 23.2 Å². The van der Waals surface area contributed by atoms with Crippen LogP contribution in [0.25, 0.3) is 10.9 Å². The van der Waals surface area contributed by atoms with Gasteiger partial charge in [-0.3, -0.25) is 0 Å². The molecule has 2 rings (SSSR count). The second-order valence-corrected chi connectivity index (χ2v) is 4.23. The highest BCUT2D eigenvalue weighted by atomic mass is 19.1. The number of aromatic nitrogens is 1. The van der Waals surface area contributed by atoms with E-state index in [9.17, 15) is 14.3 Å². The van der Waals surface area contributed by atoms with Gasteiger partial charge in [-0.1, -0.05) is 0 Å². The van der Waals surface area contributed by atoms with Crippen molar-refractivity contribution in [3.05, 3.63) is 34.8 Å². The van der Waals surface area contributed by atoms with Crippen LogP contribution in [-0.2, 0) is 9.53 Å². The monoisotopic (exact) mass is 251 g/mol. The largest absolute Gasteiger partial charge is 0.467 e. The third-order valence-corrected chi connectivity index (χ3v) is 3.13. The molecule has 0 aliphatic carbocycles. The first-order valence-corrected chi connectivity index (χ1v) is 5.50. The lowest BCUT2D eigenvalue weighted by Gasteiger charge is -2.09. The summed E-state index contributed by atoms with van der Waals surface area (Å²) in [5.74, 6) is -1.31. The van der Waals surface area contributed by atoms with Gasteiger partial charge in [0.1, 0.15) is 5.82 Å². The number of methoxy groups -OCH3 is 1. The number of aromatic amines is 1. The van der Waals surface area contributed by atoms with Crippen molar-refractivity contribution in [3.8, 4) is 0 Å². The van der Waals surface area contributed by atoms with E-state index in [-0.39, 0.29) is 5.56 Å². The van der Waals surface area contributed by atoms with E-state index in [4.69, 9.17) is 0 Å². The van der Waals surface area contributed by atoms with Crippen molar-refractivity contribution in [3.63, 3.8) is 0 Å². The van der Waals surface area contributed by atoms with Gasteiger partial charge in [-0.2, -0.15) is 0 Å². The van der Waals surface area contributed by atoms with E-state index in [1.165, 1.54) is 7.11 Å². The Hall–Kier alpha value is -1.88. The number of aliphatic hydroxyl groups excluding tert-OH is 1. The normalized spacial score (nSPS) is 12.7. The van der Waals surface area contributed by atoms with Crippen molar-refractivity contribution in [2.45, 2.75) is 20.0 Å². The molecule has 0 amide bonds. The van der Waals surface area contributed by atoms with Crippen LogP contribution < -0.4 is 0 Å². The SMILES string of the molecule is COC(=O)C(O)c1cc(F)c2[nH]c(C)c(C)c2c1. The van der Waals surface area contributed by atoms with Crippen LogP contribution in [0.3, 0.4) is 0 Å². The number of ether oxygens (including phenoxy) is 1. The molecule has 2 aromatic rings. The first-order valence-electron chi connectivity index (χ1n) is 5.50. The summed E-state index contributed by atoms with van der Waals surface area (Å²) in [6, 6.07) is 2.73. The number of carbonyl (C=O) groups is 1. The number of nitrogens with one attached hydrogen (secondary N) is 1. The lowest BCUT2D eigenvalue weighted by molar-refractivity contribution is -0.150. The van der Waals surface area contributed by atoms with E-state index >= 15 is 0 Å². The second-order valence-electron chi connectivity index (χ2n) is 4.23. The smallest absolute Gasteiger partial charge is 0.339 e. The lowest BCUT2D eigenvalue weighted by Crippen LogP contribution is -2.13. The molecule has 0 spiro atoms. The molecule has 96 valence electrons. The number of hydrogen-bond donors (Lipinski definition) is 2. The van der Waals surface area contributed by atoms with Gasteiger partial charge >= 0.3 is 5.97 Å². The number of aliphatic hydroxyl groups is 1. The Bertz CT molecular complexity index is 618. The summed E-state index contributed by atoms with van der Waals surface area (Å²) in [6.45, 7) is 3.69. The Morgan fingerprint density at radius 3 is 2.72 bits per heavy atom. The number of H-pyrrole nitrogens is 1. The van der Waals surface area contributed by atoms with Crippen LogP contribution >= 0.6 is 0 Å². The van der Waals surface area contributed by atoms with Crippen molar-refractivity contribution in [1.29, 1.82) is 0 Å². The van der Waals surface area contributed by atoms with Gasteiger partial charge in [0.05, 0.1) is 12.6 Å². The molecule has 1 unspecified atom stereocenters. The molecular weight excluding hydrogens is 237 g/mol. The highest BCUT2D eigenvalue weighted by Gasteiger charge is 2.21. The van der Waals surface area contributed by atoms with Gasteiger partial charge < -0.3 is 14.8 Å². The highest BCUT2D eigenvalue weighted by molar-refractivity contribution is 5.87. The van der Waals surface area contributed by atoms with Gasteiger partial charge in [0.2, 0.25) is 0 Å². The highest BCUT2D eigenvalue weighted by Crippen LogP contribution is 2.28. The Kier molecular flexibility index (Phi) is 3.09. The summed E-state index contributed by atoms with van der Waals surface area (Å²) in [5.41, 5.74) is 2.32. The third-order valence-electron chi connectivity index (χ3n) is 3.13. The maximum Gasteiger partial charge on any atom is 0.339 e. The van der Waals surface area contributed by atoms with Crippen molar-refractivity contribution < 1.29 is 19.0 Å². The Morgan fingerprint density at radius 1 is 1.44 bits per heavy atom. The summed E-state index contributed by atoms with van der Waals surface area (Å²) >= 11 is 0. The average molecular weight is 251 g/mol. The zero-order chi connectivity index (χ0) is 13.4. The topological polar surface area (TPSA) is 62.3 Å². The van der Waals surface area contributed by atoms with Crippen molar-refractivity contribution in [2.24, 2.45) is 0 Å². The van der Waals surface area contributed by atoms with Crippen LogP contribution in [0.4, 0.5) is 4.39 Å². The van der Waals surface area contributed by atoms with Crippen LogP contribution in [0.1, 0.15) is 22.9 Å². The van der Waals surface area contributed by atoms with E-state index in [0.717, 1.165) is 17.3 Å². The van der Waals surface area contributed by atoms with Crippen LogP contribution in [0.5, 0.6) is 0 Å². The Morgan fingerprint density at radius 2 is 2.11 bits per heavy atom. The third kappa shape index (κ3) is 1.86. The number of fused-ring (bicyclic) bond motifs is 1. The minimum absolute atomic E-state index is 0.189. The van der Waals surface area contributed by atoms with Crippen LogP contribution in [0.15, 0.2) is 12.1 Å². The van der Waals surface area contributed by atoms with Crippen LogP contribution in [0, 0.1) is 19.7 Å². The molecule has 1 atom stereocenters. The fourth-order valence-electron chi connectivity index (χ4n) is 1.94. The summed E-state index contributed by atoms with van der Waals surface area (Å²) in [7, 11) is 1.17. The fraction of sp³-hybridized carbons (Fsp3) is 0.308. The molecule has 0 aliphatic rings. The number of esters is 1. The zero-order valence-electron chi connectivity index (χ0n) is 10.4. The molecule has 0 radical (unpaired) electrons. The van der Waals surface area contributed by atoms with Gasteiger partial charge in [-0.25, -0.2) is 9.18 Å². The second kappa shape index (κ2) is 4.42. The maximum atomic E-state index is 13.9. The first kappa shape index (κ1) is 12.6. The minimum Gasteiger partial charge on any atom is -0.467 e. The summed E-state index contributed by atoms with van der Waals surface area (Å²) in [4.78, 5) is 14.2.